The molecular weight excluding hydrogens is 479 g/mol. The van der Waals surface area contributed by atoms with Gasteiger partial charge in [-0.25, -0.2) is 9.37 Å². The molecule has 5 rings (SSSR count). The molecule has 0 spiro atoms. The summed E-state index contributed by atoms with van der Waals surface area (Å²) in [6, 6.07) is 16.0. The van der Waals surface area contributed by atoms with E-state index < -0.39 is 17.8 Å². The number of nitrogens with one attached hydrogen (secondary N) is 2. The number of para-hydroxylation sites is 1. The number of H-pyrrole nitrogens is 1. The first-order chi connectivity index (χ1) is 18.4. The number of aryl methyl sites for hydroxylation is 1. The number of carbonyl (C=O) groups excluding carboxylic acids is 1. The molecule has 1 saturated heterocycles. The van der Waals surface area contributed by atoms with Crippen molar-refractivity contribution in [1.82, 2.24) is 20.2 Å². The molecule has 0 bridgehead atoms. The van der Waals surface area contributed by atoms with Gasteiger partial charge in [0.15, 0.2) is 0 Å². The van der Waals surface area contributed by atoms with Gasteiger partial charge in [-0.1, -0.05) is 37.0 Å². The van der Waals surface area contributed by atoms with Crippen molar-refractivity contribution < 1.29 is 14.3 Å². The number of phenolic OH excluding ortho intramolecular Hbond substituents is 1. The highest BCUT2D eigenvalue weighted by Crippen LogP contribution is 2.32. The zero-order valence-electron chi connectivity index (χ0n) is 21.6. The first kappa shape index (κ1) is 25.5. The van der Waals surface area contributed by atoms with Crippen LogP contribution in [0.4, 0.5) is 4.39 Å². The molecule has 0 saturated carbocycles. The van der Waals surface area contributed by atoms with E-state index in [4.69, 9.17) is 0 Å². The second-order valence-corrected chi connectivity index (χ2v) is 9.78. The number of carbonyl (C=O) groups is 1. The molecule has 1 amide bonds. The summed E-state index contributed by atoms with van der Waals surface area (Å²) in [6.45, 7) is 7.18. The Kier molecular flexibility index (Phi) is 7.43. The minimum Gasteiger partial charge on any atom is -0.508 e. The van der Waals surface area contributed by atoms with Gasteiger partial charge >= 0.3 is 0 Å². The number of phenols is 1. The molecule has 4 aromatic rings. The Labute approximate surface area is 221 Å². The van der Waals surface area contributed by atoms with Gasteiger partial charge in [-0.05, 0) is 87.3 Å². The van der Waals surface area contributed by atoms with E-state index in [1.54, 1.807) is 6.07 Å². The number of aromatic nitrogens is 2. The zero-order chi connectivity index (χ0) is 26.6. The summed E-state index contributed by atoms with van der Waals surface area (Å²) in [6.07, 6.45) is 2.09. The maximum absolute atomic E-state index is 14.2. The first-order valence-electron chi connectivity index (χ1n) is 13.0. The molecule has 1 aliphatic heterocycles. The highest BCUT2D eigenvalue weighted by Gasteiger charge is 2.24. The lowest BCUT2D eigenvalue weighted by molar-refractivity contribution is 0.0936. The normalized spacial score (nSPS) is 15.1. The standard InChI is InChI=1S/C31H31FN4O2/c1-3-36-14-12-21(13-15-36)8-9-22-16-20(2)33-28(17-22)31(38)35-30(25-19-24(32)10-11-29(25)37)27-18-23-6-4-5-7-26(23)34-27/h4-7,10-11,16-19,21,30,34,37H,3,12-15H2,1-2H3,(H,35,38). The van der Waals surface area contributed by atoms with Gasteiger partial charge in [-0.3, -0.25) is 4.79 Å². The van der Waals surface area contributed by atoms with Crippen LogP contribution in [0.1, 0.15) is 58.8 Å². The quantitative estimate of drug-likeness (QED) is 0.318. The van der Waals surface area contributed by atoms with Gasteiger partial charge in [-0.2, -0.15) is 0 Å². The summed E-state index contributed by atoms with van der Waals surface area (Å²) >= 11 is 0. The van der Waals surface area contributed by atoms with Gasteiger partial charge in [0.25, 0.3) is 5.91 Å². The van der Waals surface area contributed by atoms with E-state index in [1.165, 1.54) is 18.2 Å². The van der Waals surface area contributed by atoms with Crippen molar-refractivity contribution in [3.05, 3.63) is 94.7 Å². The third-order valence-electron chi connectivity index (χ3n) is 7.08. The number of hydrogen-bond donors (Lipinski definition) is 3. The van der Waals surface area contributed by atoms with Crippen LogP contribution in [0, 0.1) is 30.5 Å². The first-order valence-corrected chi connectivity index (χ1v) is 13.0. The Morgan fingerprint density at radius 1 is 1.18 bits per heavy atom. The van der Waals surface area contributed by atoms with Crippen molar-refractivity contribution in [3.63, 3.8) is 0 Å². The highest BCUT2D eigenvalue weighted by atomic mass is 19.1. The Balaban J connectivity index is 1.43. The van der Waals surface area contributed by atoms with E-state index in [0.29, 0.717) is 17.3 Å². The molecule has 2 aromatic carbocycles. The minimum absolute atomic E-state index is 0.117. The van der Waals surface area contributed by atoms with Crippen molar-refractivity contribution >= 4 is 16.8 Å². The van der Waals surface area contributed by atoms with Gasteiger partial charge < -0.3 is 20.3 Å². The molecule has 3 N–H and O–H groups in total. The topological polar surface area (TPSA) is 81.2 Å². The molecule has 0 aliphatic carbocycles. The fourth-order valence-electron chi connectivity index (χ4n) is 4.97. The number of amides is 1. The summed E-state index contributed by atoms with van der Waals surface area (Å²) in [5.41, 5.74) is 3.36. The Hall–Kier alpha value is -4.15. The van der Waals surface area contributed by atoms with Crippen LogP contribution in [0.25, 0.3) is 10.9 Å². The Bertz CT molecular complexity index is 1490. The SMILES string of the molecule is CCN1CCC(C#Cc2cc(C)nc(C(=O)NC(c3cc4ccccc4[nH]3)c3cc(F)ccc3O)c2)CC1. The third kappa shape index (κ3) is 5.71. The molecule has 194 valence electrons. The van der Waals surface area contributed by atoms with Crippen LogP contribution in [0.3, 0.4) is 0 Å². The van der Waals surface area contributed by atoms with E-state index in [9.17, 15) is 14.3 Å². The van der Waals surface area contributed by atoms with Crippen molar-refractivity contribution in [2.75, 3.05) is 19.6 Å². The van der Waals surface area contributed by atoms with Crippen LogP contribution in [-0.2, 0) is 0 Å². The summed E-state index contributed by atoms with van der Waals surface area (Å²) in [5.74, 6) is 5.90. The average molecular weight is 511 g/mol. The van der Waals surface area contributed by atoms with Crippen molar-refractivity contribution in [2.45, 2.75) is 32.7 Å². The van der Waals surface area contributed by atoms with E-state index in [-0.39, 0.29) is 17.0 Å². The molecular formula is C31H31FN4O2. The van der Waals surface area contributed by atoms with E-state index in [0.717, 1.165) is 48.9 Å². The lowest BCUT2D eigenvalue weighted by Gasteiger charge is -2.28. The molecule has 1 unspecified atom stereocenters. The number of hydrogen-bond acceptors (Lipinski definition) is 4. The lowest BCUT2D eigenvalue weighted by atomic mass is 9.97. The maximum Gasteiger partial charge on any atom is 0.270 e. The van der Waals surface area contributed by atoms with Crippen LogP contribution in [-0.4, -0.2) is 45.5 Å². The van der Waals surface area contributed by atoms with Gasteiger partial charge in [0, 0.05) is 33.9 Å². The number of aromatic amines is 1. The van der Waals surface area contributed by atoms with Gasteiger partial charge in [-0.15, -0.1) is 0 Å². The average Bonchev–Trinajstić information content (AvgIpc) is 3.36. The number of pyridine rings is 1. The van der Waals surface area contributed by atoms with Gasteiger partial charge in [0.1, 0.15) is 17.3 Å². The predicted molar refractivity (Wildman–Crippen MR) is 146 cm³/mol. The molecule has 0 radical (unpaired) electrons. The number of piperidine rings is 1. The largest absolute Gasteiger partial charge is 0.508 e. The fourth-order valence-corrected chi connectivity index (χ4v) is 4.97. The Morgan fingerprint density at radius 3 is 2.74 bits per heavy atom. The summed E-state index contributed by atoms with van der Waals surface area (Å²) in [5, 5.41) is 14.5. The molecule has 7 heteroatoms. The molecule has 1 atom stereocenters. The maximum atomic E-state index is 14.2. The summed E-state index contributed by atoms with van der Waals surface area (Å²) in [7, 11) is 0. The summed E-state index contributed by atoms with van der Waals surface area (Å²) < 4.78 is 14.2. The van der Waals surface area contributed by atoms with Crippen LogP contribution in [0.15, 0.2) is 60.7 Å². The molecule has 2 aromatic heterocycles. The second kappa shape index (κ2) is 11.1. The predicted octanol–water partition coefficient (Wildman–Crippen LogP) is 5.32. The van der Waals surface area contributed by atoms with Crippen LogP contribution >= 0.6 is 0 Å². The fraction of sp³-hybridized carbons (Fsp3) is 0.290. The highest BCUT2D eigenvalue weighted by molar-refractivity contribution is 5.93. The number of rotatable bonds is 5. The number of aromatic hydroxyl groups is 1. The Morgan fingerprint density at radius 2 is 1.97 bits per heavy atom. The number of nitrogens with zero attached hydrogens (tertiary/aromatic N) is 2. The molecule has 6 nitrogen and oxygen atoms in total. The molecule has 38 heavy (non-hydrogen) atoms. The molecule has 1 fully saturated rings. The minimum atomic E-state index is -0.828. The number of fused-ring (bicyclic) bond motifs is 1. The molecule has 3 heterocycles. The smallest absolute Gasteiger partial charge is 0.270 e. The van der Waals surface area contributed by atoms with E-state index in [2.05, 4.69) is 38.9 Å². The van der Waals surface area contributed by atoms with Crippen LogP contribution < -0.4 is 5.32 Å². The lowest BCUT2D eigenvalue weighted by Crippen LogP contribution is -2.32. The van der Waals surface area contributed by atoms with Crippen molar-refractivity contribution in [2.24, 2.45) is 5.92 Å². The van der Waals surface area contributed by atoms with E-state index >= 15 is 0 Å². The molecule has 1 aliphatic rings. The van der Waals surface area contributed by atoms with Gasteiger partial charge in [0.05, 0.1) is 6.04 Å². The van der Waals surface area contributed by atoms with Crippen molar-refractivity contribution in [1.29, 1.82) is 0 Å². The zero-order valence-corrected chi connectivity index (χ0v) is 21.6. The second-order valence-electron chi connectivity index (χ2n) is 9.78. The monoisotopic (exact) mass is 510 g/mol. The number of likely N-dealkylation sites (tertiary alicyclic amines) is 1. The van der Waals surface area contributed by atoms with Crippen LogP contribution in [0.2, 0.25) is 0 Å². The number of halogens is 1. The van der Waals surface area contributed by atoms with Crippen molar-refractivity contribution in [3.8, 4) is 17.6 Å². The summed E-state index contributed by atoms with van der Waals surface area (Å²) in [4.78, 5) is 23.6. The third-order valence-corrected chi connectivity index (χ3v) is 7.08. The number of benzene rings is 2. The van der Waals surface area contributed by atoms with E-state index in [1.807, 2.05) is 43.3 Å². The van der Waals surface area contributed by atoms with Crippen LogP contribution in [0.5, 0.6) is 5.75 Å². The van der Waals surface area contributed by atoms with Gasteiger partial charge in [0.2, 0.25) is 0 Å².